The molecule has 34 heavy (non-hydrogen) atoms. The lowest BCUT2D eigenvalue weighted by atomic mass is 9.88. The first-order chi connectivity index (χ1) is 15.9. The third-order valence-corrected chi connectivity index (χ3v) is 4.86. The number of benzene rings is 1. The SMILES string of the molecule is C[C@@H](O)Cn1cc(C(=O)C[C@@H](c2ccc(OC(F)(F)F)c(F)c2)c2ncccc2F)ccc1=O. The molecule has 0 spiro atoms. The fraction of sp³-hybridized carbons (Fsp3) is 0.261. The van der Waals surface area contributed by atoms with Gasteiger partial charge >= 0.3 is 6.36 Å². The van der Waals surface area contributed by atoms with Crippen molar-refractivity contribution >= 4 is 5.78 Å². The van der Waals surface area contributed by atoms with Crippen LogP contribution in [0.25, 0.3) is 0 Å². The number of hydrogen-bond acceptors (Lipinski definition) is 5. The minimum atomic E-state index is -5.11. The molecule has 0 aliphatic heterocycles. The average molecular weight is 482 g/mol. The van der Waals surface area contributed by atoms with Crippen LogP contribution in [0.4, 0.5) is 22.0 Å². The number of hydrogen-bond donors (Lipinski definition) is 1. The lowest BCUT2D eigenvalue weighted by molar-refractivity contribution is -0.275. The van der Waals surface area contributed by atoms with Crippen molar-refractivity contribution in [2.75, 3.05) is 0 Å². The summed E-state index contributed by atoms with van der Waals surface area (Å²) in [6.45, 7) is 1.39. The standard InChI is InChI=1S/C23H19F5N2O4/c1-13(31)11-30-12-15(5-7-21(30)33)19(32)10-16(22-17(24)3-2-8-29-22)14-4-6-20(18(25)9-14)34-23(26,27)28/h2-9,12-13,16,31H,10-11H2,1H3/t13-,16+/m1/s1. The summed E-state index contributed by atoms with van der Waals surface area (Å²) in [4.78, 5) is 28.9. The van der Waals surface area contributed by atoms with Crippen LogP contribution in [0.15, 0.2) is 59.7 Å². The second-order valence-corrected chi connectivity index (χ2v) is 7.55. The summed E-state index contributed by atoms with van der Waals surface area (Å²) >= 11 is 0. The van der Waals surface area contributed by atoms with E-state index in [2.05, 4.69) is 9.72 Å². The van der Waals surface area contributed by atoms with Gasteiger partial charge in [-0.25, -0.2) is 8.78 Å². The highest BCUT2D eigenvalue weighted by Crippen LogP contribution is 2.33. The van der Waals surface area contributed by atoms with E-state index in [4.69, 9.17) is 0 Å². The zero-order valence-electron chi connectivity index (χ0n) is 17.7. The molecule has 0 unspecified atom stereocenters. The molecule has 180 valence electrons. The van der Waals surface area contributed by atoms with Crippen LogP contribution in [0, 0.1) is 11.6 Å². The van der Waals surface area contributed by atoms with Gasteiger partial charge in [-0.1, -0.05) is 6.07 Å². The molecule has 0 saturated heterocycles. The van der Waals surface area contributed by atoms with Crippen LogP contribution >= 0.6 is 0 Å². The molecule has 1 aromatic carbocycles. The topological polar surface area (TPSA) is 81.4 Å². The molecule has 2 heterocycles. The van der Waals surface area contributed by atoms with Crippen molar-refractivity contribution in [1.29, 1.82) is 0 Å². The number of carbonyl (C=O) groups is 1. The first-order valence-electron chi connectivity index (χ1n) is 10.0. The first kappa shape index (κ1) is 25.0. The molecule has 0 aliphatic rings. The van der Waals surface area contributed by atoms with E-state index in [1.165, 1.54) is 31.5 Å². The van der Waals surface area contributed by atoms with E-state index in [-0.39, 0.29) is 23.4 Å². The van der Waals surface area contributed by atoms with Crippen LogP contribution in [0.5, 0.6) is 5.75 Å². The van der Waals surface area contributed by atoms with E-state index in [0.717, 1.165) is 34.9 Å². The van der Waals surface area contributed by atoms with Gasteiger partial charge in [0.1, 0.15) is 5.82 Å². The Labute approximate surface area is 190 Å². The zero-order valence-corrected chi connectivity index (χ0v) is 17.7. The van der Waals surface area contributed by atoms with Crippen LogP contribution in [0.3, 0.4) is 0 Å². The molecule has 3 aromatic rings. The number of ketones is 1. The molecule has 3 rings (SSSR count). The Morgan fingerprint density at radius 1 is 1.15 bits per heavy atom. The predicted octanol–water partition coefficient (Wildman–Crippen LogP) is 4.21. The minimum Gasteiger partial charge on any atom is -0.403 e. The number of ether oxygens (including phenoxy) is 1. The van der Waals surface area contributed by atoms with Crippen LogP contribution in [-0.4, -0.2) is 32.9 Å². The predicted molar refractivity (Wildman–Crippen MR) is 110 cm³/mol. The zero-order chi connectivity index (χ0) is 25.0. The van der Waals surface area contributed by atoms with Crippen molar-refractivity contribution in [2.45, 2.75) is 38.3 Å². The maximum atomic E-state index is 14.5. The highest BCUT2D eigenvalue weighted by atomic mass is 19.4. The molecular formula is C23H19F5N2O4. The summed E-state index contributed by atoms with van der Waals surface area (Å²) in [7, 11) is 0. The van der Waals surface area contributed by atoms with Gasteiger partial charge in [-0.2, -0.15) is 0 Å². The minimum absolute atomic E-state index is 0.00437. The van der Waals surface area contributed by atoms with E-state index in [0.29, 0.717) is 0 Å². The average Bonchev–Trinajstić information content (AvgIpc) is 2.74. The van der Waals surface area contributed by atoms with Gasteiger partial charge in [0, 0.05) is 36.4 Å². The lowest BCUT2D eigenvalue weighted by Gasteiger charge is -2.19. The molecule has 0 radical (unpaired) electrons. The molecule has 0 bridgehead atoms. The van der Waals surface area contributed by atoms with E-state index in [9.17, 15) is 36.6 Å². The number of rotatable bonds is 8. The Morgan fingerprint density at radius 3 is 2.50 bits per heavy atom. The molecule has 6 nitrogen and oxygen atoms in total. The monoisotopic (exact) mass is 482 g/mol. The van der Waals surface area contributed by atoms with Crippen LogP contribution < -0.4 is 10.3 Å². The molecule has 1 N–H and O–H groups in total. The summed E-state index contributed by atoms with van der Waals surface area (Å²) in [5, 5.41) is 9.54. The quantitative estimate of drug-likeness (QED) is 0.385. The van der Waals surface area contributed by atoms with Crippen LogP contribution in [0.1, 0.15) is 40.9 Å². The largest absolute Gasteiger partial charge is 0.573 e. The molecule has 2 atom stereocenters. The molecule has 2 aromatic heterocycles. The van der Waals surface area contributed by atoms with E-state index < -0.39 is 53.5 Å². The Kier molecular flexibility index (Phi) is 7.45. The molecule has 0 amide bonds. The Balaban J connectivity index is 1.99. The van der Waals surface area contributed by atoms with Crippen molar-refractivity contribution in [3.63, 3.8) is 0 Å². The van der Waals surface area contributed by atoms with Gasteiger partial charge in [-0.3, -0.25) is 14.6 Å². The maximum Gasteiger partial charge on any atom is 0.573 e. The number of aliphatic hydroxyl groups excluding tert-OH is 1. The van der Waals surface area contributed by atoms with Crippen molar-refractivity contribution in [3.8, 4) is 5.75 Å². The van der Waals surface area contributed by atoms with E-state index in [1.54, 1.807) is 0 Å². The van der Waals surface area contributed by atoms with E-state index >= 15 is 0 Å². The van der Waals surface area contributed by atoms with E-state index in [1.807, 2.05) is 0 Å². The van der Waals surface area contributed by atoms with Crippen molar-refractivity contribution < 1.29 is 36.6 Å². The second kappa shape index (κ2) is 10.1. The third kappa shape index (κ3) is 6.25. The third-order valence-electron chi connectivity index (χ3n) is 4.86. The molecule has 0 saturated carbocycles. The van der Waals surface area contributed by atoms with Gasteiger partial charge in [0.05, 0.1) is 18.3 Å². The second-order valence-electron chi connectivity index (χ2n) is 7.55. The van der Waals surface area contributed by atoms with Crippen LogP contribution in [-0.2, 0) is 6.54 Å². The van der Waals surface area contributed by atoms with Gasteiger partial charge in [0.15, 0.2) is 17.3 Å². The maximum absolute atomic E-state index is 14.5. The number of nitrogens with zero attached hydrogens (tertiary/aromatic N) is 2. The Bertz CT molecular complexity index is 1240. The number of halogens is 5. The normalized spacial score (nSPS) is 13.4. The first-order valence-corrected chi connectivity index (χ1v) is 10.0. The Morgan fingerprint density at radius 2 is 1.88 bits per heavy atom. The summed E-state index contributed by atoms with van der Waals surface area (Å²) < 4.78 is 71.0. The van der Waals surface area contributed by atoms with Gasteiger partial charge in [0.25, 0.3) is 5.56 Å². The summed E-state index contributed by atoms with van der Waals surface area (Å²) in [5.41, 5.74) is -0.599. The van der Waals surface area contributed by atoms with Crippen molar-refractivity contribution in [1.82, 2.24) is 9.55 Å². The fourth-order valence-corrected chi connectivity index (χ4v) is 3.39. The highest BCUT2D eigenvalue weighted by Gasteiger charge is 2.33. The van der Waals surface area contributed by atoms with Gasteiger partial charge < -0.3 is 14.4 Å². The van der Waals surface area contributed by atoms with Crippen molar-refractivity contribution in [2.24, 2.45) is 0 Å². The number of alkyl halides is 3. The van der Waals surface area contributed by atoms with Gasteiger partial charge in [-0.05, 0) is 42.8 Å². The molecule has 11 heteroatoms. The number of aromatic nitrogens is 2. The lowest BCUT2D eigenvalue weighted by Crippen LogP contribution is -2.25. The fourth-order valence-electron chi connectivity index (χ4n) is 3.39. The van der Waals surface area contributed by atoms with Crippen molar-refractivity contribution in [3.05, 3.63) is 93.7 Å². The number of aliphatic hydroxyl groups is 1. The smallest absolute Gasteiger partial charge is 0.403 e. The number of pyridine rings is 2. The van der Waals surface area contributed by atoms with Gasteiger partial charge in [-0.15, -0.1) is 13.2 Å². The number of Topliss-reactive ketones (excluding diaryl/α,β-unsaturated/α-hetero) is 1. The summed E-state index contributed by atoms with van der Waals surface area (Å²) in [6, 6.07) is 7.33. The molecule has 0 aliphatic carbocycles. The molecular weight excluding hydrogens is 463 g/mol. The Hall–Kier alpha value is -3.60. The van der Waals surface area contributed by atoms with Crippen LogP contribution in [0.2, 0.25) is 0 Å². The summed E-state index contributed by atoms with van der Waals surface area (Å²) in [6.07, 6.45) is -3.90. The highest BCUT2D eigenvalue weighted by molar-refractivity contribution is 5.96. The summed E-state index contributed by atoms with van der Waals surface area (Å²) in [5.74, 6) is -4.94. The van der Waals surface area contributed by atoms with Gasteiger partial charge in [0.2, 0.25) is 0 Å². The number of carbonyl (C=O) groups excluding carboxylic acids is 1. The molecule has 0 fully saturated rings.